The molecule has 0 aromatic heterocycles. The van der Waals surface area contributed by atoms with Gasteiger partial charge in [0.2, 0.25) is 5.91 Å². The number of carbonyl (C=O) groups is 1. The molecular weight excluding hydrogens is 423 g/mol. The topological polar surface area (TPSA) is 56.7 Å². The first-order chi connectivity index (χ1) is 10.6. The Kier molecular flexibility index (Phi) is 19.8. The zero-order valence-electron chi connectivity index (χ0n) is 15.2. The molecule has 0 aliphatic heterocycles. The Bertz CT molecular complexity index is 314. The SMILES string of the molecule is CCCCNC(=NCC(=O)N(C)C)NCCCCCCSC.I. The molecule has 0 saturated carbocycles. The number of carbonyl (C=O) groups excluding carboxylic acids is 1. The van der Waals surface area contributed by atoms with Crippen LogP contribution in [0, 0.1) is 0 Å². The van der Waals surface area contributed by atoms with Crippen LogP contribution in [0.4, 0.5) is 0 Å². The van der Waals surface area contributed by atoms with E-state index in [0.29, 0.717) is 0 Å². The molecule has 0 saturated heterocycles. The van der Waals surface area contributed by atoms with Crippen molar-refractivity contribution in [2.75, 3.05) is 45.7 Å². The van der Waals surface area contributed by atoms with Crippen LogP contribution < -0.4 is 10.6 Å². The van der Waals surface area contributed by atoms with E-state index in [1.165, 1.54) is 25.0 Å². The lowest BCUT2D eigenvalue weighted by atomic mass is 10.2. The second kappa shape index (κ2) is 18.2. The number of nitrogens with one attached hydrogen (secondary N) is 2. The maximum Gasteiger partial charge on any atom is 0.243 e. The van der Waals surface area contributed by atoms with Crippen LogP contribution in [0.2, 0.25) is 0 Å². The van der Waals surface area contributed by atoms with E-state index in [4.69, 9.17) is 0 Å². The van der Waals surface area contributed by atoms with E-state index in [-0.39, 0.29) is 36.4 Å². The maximum atomic E-state index is 11.6. The van der Waals surface area contributed by atoms with E-state index >= 15 is 0 Å². The van der Waals surface area contributed by atoms with Crippen LogP contribution in [0.5, 0.6) is 0 Å². The quantitative estimate of drug-likeness (QED) is 0.204. The lowest BCUT2D eigenvalue weighted by Crippen LogP contribution is -2.39. The molecule has 0 bridgehead atoms. The standard InChI is InChI=1S/C16H34N4OS.HI/c1-5-6-11-17-16(19-14-15(21)20(2)3)18-12-9-7-8-10-13-22-4;/h5-14H2,1-4H3,(H2,17,18,19);1H. The summed E-state index contributed by atoms with van der Waals surface area (Å²) >= 11 is 1.91. The molecule has 5 nitrogen and oxygen atoms in total. The van der Waals surface area contributed by atoms with E-state index in [2.05, 4.69) is 28.8 Å². The minimum atomic E-state index is 0. The molecule has 0 aliphatic rings. The summed E-state index contributed by atoms with van der Waals surface area (Å²) in [7, 11) is 3.51. The number of halogens is 1. The number of hydrogen-bond acceptors (Lipinski definition) is 3. The van der Waals surface area contributed by atoms with Crippen molar-refractivity contribution < 1.29 is 4.79 Å². The molecule has 138 valence electrons. The second-order valence-electron chi connectivity index (χ2n) is 5.57. The third-order valence-corrected chi connectivity index (χ3v) is 3.96. The van der Waals surface area contributed by atoms with Gasteiger partial charge in [-0.3, -0.25) is 4.79 Å². The average Bonchev–Trinajstić information content (AvgIpc) is 2.50. The molecule has 7 heteroatoms. The molecule has 0 aliphatic carbocycles. The fraction of sp³-hybridized carbons (Fsp3) is 0.875. The van der Waals surface area contributed by atoms with Crippen molar-refractivity contribution in [2.45, 2.75) is 45.4 Å². The highest BCUT2D eigenvalue weighted by molar-refractivity contribution is 14.0. The minimum absolute atomic E-state index is 0. The third-order valence-electron chi connectivity index (χ3n) is 3.26. The van der Waals surface area contributed by atoms with Gasteiger partial charge in [0.1, 0.15) is 6.54 Å². The summed E-state index contributed by atoms with van der Waals surface area (Å²) in [4.78, 5) is 17.5. The number of aliphatic imine (C=N–C) groups is 1. The van der Waals surface area contributed by atoms with Crippen molar-refractivity contribution in [1.29, 1.82) is 0 Å². The van der Waals surface area contributed by atoms with Gasteiger partial charge in [0.15, 0.2) is 5.96 Å². The highest BCUT2D eigenvalue weighted by Crippen LogP contribution is 2.03. The van der Waals surface area contributed by atoms with Gasteiger partial charge >= 0.3 is 0 Å². The Morgan fingerprint density at radius 2 is 1.65 bits per heavy atom. The summed E-state index contributed by atoms with van der Waals surface area (Å²) < 4.78 is 0. The number of likely N-dealkylation sites (N-methyl/N-ethyl adjacent to an activating group) is 1. The van der Waals surface area contributed by atoms with Crippen LogP contribution in [0.15, 0.2) is 4.99 Å². The van der Waals surface area contributed by atoms with Crippen LogP contribution in [-0.4, -0.2) is 62.5 Å². The summed E-state index contributed by atoms with van der Waals surface area (Å²) in [6, 6.07) is 0. The largest absolute Gasteiger partial charge is 0.356 e. The van der Waals surface area contributed by atoms with Gasteiger partial charge in [0.05, 0.1) is 0 Å². The van der Waals surface area contributed by atoms with Gasteiger partial charge in [0, 0.05) is 27.2 Å². The third kappa shape index (κ3) is 16.5. The Labute approximate surface area is 163 Å². The second-order valence-corrected chi connectivity index (χ2v) is 6.55. The van der Waals surface area contributed by atoms with Crippen molar-refractivity contribution in [2.24, 2.45) is 4.99 Å². The van der Waals surface area contributed by atoms with Crippen LogP contribution >= 0.6 is 35.7 Å². The van der Waals surface area contributed by atoms with E-state index in [1.54, 1.807) is 19.0 Å². The molecule has 0 unspecified atom stereocenters. The molecule has 1 amide bonds. The zero-order valence-corrected chi connectivity index (χ0v) is 18.3. The monoisotopic (exact) mass is 458 g/mol. The first-order valence-electron chi connectivity index (χ1n) is 8.33. The summed E-state index contributed by atoms with van der Waals surface area (Å²) in [5.41, 5.74) is 0. The molecule has 0 radical (unpaired) electrons. The Hall–Kier alpha value is -0.180. The van der Waals surface area contributed by atoms with Crippen LogP contribution in [0.3, 0.4) is 0 Å². The minimum Gasteiger partial charge on any atom is -0.356 e. The predicted octanol–water partition coefficient (Wildman–Crippen LogP) is 2.95. The number of nitrogens with zero attached hydrogens (tertiary/aromatic N) is 2. The van der Waals surface area contributed by atoms with Gasteiger partial charge in [-0.15, -0.1) is 24.0 Å². The summed E-state index contributed by atoms with van der Waals surface area (Å²) in [5.74, 6) is 2.03. The fourth-order valence-corrected chi connectivity index (χ4v) is 2.27. The van der Waals surface area contributed by atoms with Gasteiger partial charge in [-0.2, -0.15) is 11.8 Å². The Balaban J connectivity index is 0. The molecule has 0 atom stereocenters. The molecule has 0 heterocycles. The molecule has 0 rings (SSSR count). The number of unbranched alkanes of at least 4 members (excludes halogenated alkanes) is 4. The van der Waals surface area contributed by atoms with Crippen LogP contribution in [0.1, 0.15) is 45.4 Å². The van der Waals surface area contributed by atoms with Crippen LogP contribution in [0.25, 0.3) is 0 Å². The maximum absolute atomic E-state index is 11.6. The number of rotatable bonds is 12. The van der Waals surface area contributed by atoms with E-state index < -0.39 is 0 Å². The normalized spacial score (nSPS) is 10.9. The lowest BCUT2D eigenvalue weighted by Gasteiger charge is -2.13. The van der Waals surface area contributed by atoms with Gasteiger partial charge in [0.25, 0.3) is 0 Å². The molecule has 0 fully saturated rings. The molecule has 0 aromatic rings. The van der Waals surface area contributed by atoms with Gasteiger partial charge < -0.3 is 15.5 Å². The average molecular weight is 458 g/mol. The Morgan fingerprint density at radius 3 is 2.22 bits per heavy atom. The van der Waals surface area contributed by atoms with E-state index in [0.717, 1.165) is 38.3 Å². The molecule has 2 N–H and O–H groups in total. The van der Waals surface area contributed by atoms with Crippen LogP contribution in [-0.2, 0) is 4.79 Å². The van der Waals surface area contributed by atoms with Crippen molar-refractivity contribution in [3.8, 4) is 0 Å². The van der Waals surface area contributed by atoms with Crippen molar-refractivity contribution in [1.82, 2.24) is 15.5 Å². The summed E-state index contributed by atoms with van der Waals surface area (Å²) in [6.45, 7) is 4.16. The predicted molar refractivity (Wildman–Crippen MR) is 114 cm³/mol. The molecule has 0 spiro atoms. The smallest absolute Gasteiger partial charge is 0.243 e. The number of hydrogen-bond donors (Lipinski definition) is 2. The van der Waals surface area contributed by atoms with E-state index in [1.807, 2.05) is 11.8 Å². The number of guanidine groups is 1. The molecule has 0 aromatic carbocycles. The van der Waals surface area contributed by atoms with Crippen molar-refractivity contribution >= 4 is 47.6 Å². The van der Waals surface area contributed by atoms with Gasteiger partial charge in [-0.05, 0) is 31.3 Å². The number of amides is 1. The summed E-state index contributed by atoms with van der Waals surface area (Å²) in [6.07, 6.45) is 9.38. The highest BCUT2D eigenvalue weighted by atomic mass is 127. The van der Waals surface area contributed by atoms with Crippen molar-refractivity contribution in [3.63, 3.8) is 0 Å². The molecular formula is C16H35IN4OS. The first kappa shape index (κ1) is 25.1. The van der Waals surface area contributed by atoms with Gasteiger partial charge in [-0.25, -0.2) is 4.99 Å². The lowest BCUT2D eigenvalue weighted by molar-refractivity contribution is -0.127. The summed E-state index contributed by atoms with van der Waals surface area (Å²) in [5, 5.41) is 6.62. The van der Waals surface area contributed by atoms with Gasteiger partial charge in [-0.1, -0.05) is 26.2 Å². The first-order valence-corrected chi connectivity index (χ1v) is 9.72. The highest BCUT2D eigenvalue weighted by Gasteiger charge is 2.04. The molecule has 23 heavy (non-hydrogen) atoms. The Morgan fingerprint density at radius 1 is 1.04 bits per heavy atom. The fourth-order valence-electron chi connectivity index (χ4n) is 1.78. The van der Waals surface area contributed by atoms with Crippen molar-refractivity contribution in [3.05, 3.63) is 0 Å². The zero-order chi connectivity index (χ0) is 16.6. The number of thioether (sulfide) groups is 1. The van der Waals surface area contributed by atoms with E-state index in [9.17, 15) is 4.79 Å².